The van der Waals surface area contributed by atoms with Gasteiger partial charge in [-0.2, -0.15) is 0 Å². The van der Waals surface area contributed by atoms with E-state index in [4.69, 9.17) is 9.47 Å². The topological polar surface area (TPSA) is 52.6 Å². The number of carbonyl (C=O) groups excluding carboxylic acids is 2. The summed E-state index contributed by atoms with van der Waals surface area (Å²) in [4.78, 5) is 23.3. The van der Waals surface area contributed by atoms with Gasteiger partial charge in [0.1, 0.15) is 6.10 Å². The first-order valence-corrected chi connectivity index (χ1v) is 7.28. The predicted octanol–water partition coefficient (Wildman–Crippen LogP) is 3.52. The zero-order valence-electron chi connectivity index (χ0n) is 12.6. The molecule has 1 aromatic rings. The van der Waals surface area contributed by atoms with Crippen LogP contribution in [0.1, 0.15) is 43.5 Å². The lowest BCUT2D eigenvalue weighted by Crippen LogP contribution is -2.17. The van der Waals surface area contributed by atoms with Crippen LogP contribution in [0.25, 0.3) is 0 Å². The van der Waals surface area contributed by atoms with E-state index < -0.39 is 12.1 Å². The second kappa shape index (κ2) is 9.75. The Kier molecular flexibility index (Phi) is 7.87. The van der Waals surface area contributed by atoms with E-state index in [0.717, 1.165) is 12.8 Å². The van der Waals surface area contributed by atoms with Crippen LogP contribution in [-0.4, -0.2) is 24.6 Å². The van der Waals surface area contributed by atoms with Crippen molar-refractivity contribution in [3.8, 4) is 0 Å². The van der Waals surface area contributed by atoms with Gasteiger partial charge in [-0.15, -0.1) is 0 Å². The lowest BCUT2D eigenvalue weighted by Gasteiger charge is -2.14. The fourth-order valence-electron chi connectivity index (χ4n) is 1.76. The van der Waals surface area contributed by atoms with Gasteiger partial charge in [0.25, 0.3) is 0 Å². The van der Waals surface area contributed by atoms with Crippen LogP contribution in [0.5, 0.6) is 0 Å². The largest absolute Gasteiger partial charge is 0.463 e. The van der Waals surface area contributed by atoms with Crippen LogP contribution in [0, 0.1) is 0 Å². The maximum Gasteiger partial charge on any atom is 0.338 e. The molecule has 1 aromatic carbocycles. The summed E-state index contributed by atoms with van der Waals surface area (Å²) < 4.78 is 10.3. The van der Waals surface area contributed by atoms with Gasteiger partial charge in [0.2, 0.25) is 0 Å². The SMILES string of the molecule is CCCCC(/C=C/C(=O)OCC)OC(=O)c1ccccc1. The highest BCUT2D eigenvalue weighted by atomic mass is 16.5. The Balaban J connectivity index is 2.65. The molecule has 1 atom stereocenters. The first kappa shape index (κ1) is 17.0. The van der Waals surface area contributed by atoms with E-state index in [0.29, 0.717) is 18.6 Å². The summed E-state index contributed by atoms with van der Waals surface area (Å²) in [5.41, 5.74) is 0.503. The normalized spacial score (nSPS) is 12.1. The smallest absolute Gasteiger partial charge is 0.338 e. The van der Waals surface area contributed by atoms with Crippen molar-refractivity contribution >= 4 is 11.9 Å². The van der Waals surface area contributed by atoms with Gasteiger partial charge in [0.05, 0.1) is 12.2 Å². The van der Waals surface area contributed by atoms with Crippen LogP contribution in [0.15, 0.2) is 42.5 Å². The summed E-state index contributed by atoms with van der Waals surface area (Å²) in [6, 6.07) is 8.81. The van der Waals surface area contributed by atoms with Crippen LogP contribution >= 0.6 is 0 Å². The van der Waals surface area contributed by atoms with E-state index in [1.54, 1.807) is 37.3 Å². The Morgan fingerprint density at radius 2 is 1.90 bits per heavy atom. The minimum Gasteiger partial charge on any atom is -0.463 e. The van der Waals surface area contributed by atoms with Gasteiger partial charge in [-0.3, -0.25) is 0 Å². The molecule has 0 N–H and O–H groups in total. The van der Waals surface area contributed by atoms with Crippen molar-refractivity contribution in [2.24, 2.45) is 0 Å². The van der Waals surface area contributed by atoms with Crippen LogP contribution < -0.4 is 0 Å². The highest BCUT2D eigenvalue weighted by molar-refractivity contribution is 5.89. The van der Waals surface area contributed by atoms with Gasteiger partial charge in [0, 0.05) is 6.08 Å². The number of ether oxygens (including phenoxy) is 2. The summed E-state index contributed by atoms with van der Waals surface area (Å²) in [7, 11) is 0. The number of rotatable bonds is 8. The number of hydrogen-bond acceptors (Lipinski definition) is 4. The number of benzene rings is 1. The molecule has 0 fully saturated rings. The molecule has 4 heteroatoms. The van der Waals surface area contributed by atoms with Gasteiger partial charge < -0.3 is 9.47 Å². The molecule has 0 aliphatic carbocycles. The minimum atomic E-state index is -0.422. The Labute approximate surface area is 125 Å². The molecule has 114 valence electrons. The van der Waals surface area contributed by atoms with Crippen molar-refractivity contribution in [1.82, 2.24) is 0 Å². The van der Waals surface area contributed by atoms with Gasteiger partial charge in [-0.05, 0) is 38.0 Å². The molecule has 0 saturated carbocycles. The standard InChI is InChI=1S/C17H22O4/c1-3-5-11-15(12-13-16(18)20-4-2)21-17(19)14-9-7-6-8-10-14/h6-10,12-13,15H,3-5,11H2,1-2H3/b13-12+. The molecule has 0 aliphatic heterocycles. The van der Waals surface area contributed by atoms with E-state index in [-0.39, 0.29) is 5.97 Å². The molecular weight excluding hydrogens is 268 g/mol. The number of carbonyl (C=O) groups is 2. The number of unbranched alkanes of at least 4 members (excludes halogenated alkanes) is 1. The molecule has 0 spiro atoms. The molecular formula is C17H22O4. The van der Waals surface area contributed by atoms with Gasteiger partial charge in [-0.1, -0.05) is 31.5 Å². The molecule has 0 heterocycles. The highest BCUT2D eigenvalue weighted by Gasteiger charge is 2.13. The maximum absolute atomic E-state index is 12.0. The van der Waals surface area contributed by atoms with Crippen LogP contribution in [0.4, 0.5) is 0 Å². The van der Waals surface area contributed by atoms with Gasteiger partial charge in [0.15, 0.2) is 0 Å². The van der Waals surface area contributed by atoms with Crippen molar-refractivity contribution in [3.63, 3.8) is 0 Å². The van der Waals surface area contributed by atoms with Crippen molar-refractivity contribution in [1.29, 1.82) is 0 Å². The summed E-state index contributed by atoms with van der Waals surface area (Å²) in [6.45, 7) is 4.13. The molecule has 0 aromatic heterocycles. The van der Waals surface area contributed by atoms with E-state index in [9.17, 15) is 9.59 Å². The Morgan fingerprint density at radius 3 is 2.52 bits per heavy atom. The number of esters is 2. The second-order valence-corrected chi connectivity index (χ2v) is 4.56. The fraction of sp³-hybridized carbons (Fsp3) is 0.412. The van der Waals surface area contributed by atoms with Crippen molar-refractivity contribution in [2.45, 2.75) is 39.2 Å². The minimum absolute atomic E-state index is 0.326. The quantitative estimate of drug-likeness (QED) is 0.543. The first-order valence-electron chi connectivity index (χ1n) is 7.28. The van der Waals surface area contributed by atoms with Crippen LogP contribution in [0.2, 0.25) is 0 Å². The number of hydrogen-bond donors (Lipinski definition) is 0. The van der Waals surface area contributed by atoms with Gasteiger partial charge in [-0.25, -0.2) is 9.59 Å². The Hall–Kier alpha value is -2.10. The third-order valence-corrected chi connectivity index (χ3v) is 2.84. The lowest BCUT2D eigenvalue weighted by molar-refractivity contribution is -0.137. The summed E-state index contributed by atoms with van der Waals surface area (Å²) in [5.74, 6) is -0.806. The third kappa shape index (κ3) is 6.75. The Bertz CT molecular complexity index is 465. The monoisotopic (exact) mass is 290 g/mol. The zero-order valence-corrected chi connectivity index (χ0v) is 12.6. The zero-order chi connectivity index (χ0) is 15.5. The Morgan fingerprint density at radius 1 is 1.19 bits per heavy atom. The van der Waals surface area contributed by atoms with E-state index in [1.165, 1.54) is 6.08 Å². The maximum atomic E-state index is 12.0. The summed E-state index contributed by atoms with van der Waals surface area (Å²) in [5, 5.41) is 0. The lowest BCUT2D eigenvalue weighted by atomic mass is 10.1. The molecule has 1 unspecified atom stereocenters. The fourth-order valence-corrected chi connectivity index (χ4v) is 1.76. The average Bonchev–Trinajstić information content (AvgIpc) is 2.51. The molecule has 1 rings (SSSR count). The molecule has 21 heavy (non-hydrogen) atoms. The highest BCUT2D eigenvalue weighted by Crippen LogP contribution is 2.11. The molecule has 0 radical (unpaired) electrons. The van der Waals surface area contributed by atoms with E-state index in [1.807, 2.05) is 6.07 Å². The van der Waals surface area contributed by atoms with Crippen molar-refractivity contribution in [2.75, 3.05) is 6.61 Å². The predicted molar refractivity (Wildman–Crippen MR) is 80.9 cm³/mol. The molecule has 0 bridgehead atoms. The second-order valence-electron chi connectivity index (χ2n) is 4.56. The molecule has 0 amide bonds. The van der Waals surface area contributed by atoms with Gasteiger partial charge >= 0.3 is 11.9 Å². The summed E-state index contributed by atoms with van der Waals surface area (Å²) in [6.07, 6.45) is 5.09. The van der Waals surface area contributed by atoms with Crippen molar-refractivity contribution < 1.29 is 19.1 Å². The van der Waals surface area contributed by atoms with Crippen molar-refractivity contribution in [3.05, 3.63) is 48.0 Å². The average molecular weight is 290 g/mol. The van der Waals surface area contributed by atoms with Crippen LogP contribution in [-0.2, 0) is 14.3 Å². The summed E-state index contributed by atoms with van der Waals surface area (Å²) >= 11 is 0. The van der Waals surface area contributed by atoms with E-state index in [2.05, 4.69) is 6.92 Å². The van der Waals surface area contributed by atoms with Crippen LogP contribution in [0.3, 0.4) is 0 Å². The molecule has 4 nitrogen and oxygen atoms in total. The molecule has 0 aliphatic rings. The first-order chi connectivity index (χ1) is 10.2. The third-order valence-electron chi connectivity index (χ3n) is 2.84. The molecule has 0 saturated heterocycles. The van der Waals surface area contributed by atoms with E-state index >= 15 is 0 Å².